The van der Waals surface area contributed by atoms with E-state index in [0.717, 1.165) is 25.2 Å². The lowest BCUT2D eigenvalue weighted by Gasteiger charge is -2.24. The van der Waals surface area contributed by atoms with E-state index in [4.69, 9.17) is 5.73 Å². The SMILES string of the molecule is CN(C)c1nc(N)nc(CN2CCCNc3ccccc32)n1. The zero-order valence-electron chi connectivity index (χ0n) is 13.0. The molecule has 1 aromatic heterocycles. The molecule has 0 bridgehead atoms. The fourth-order valence-corrected chi connectivity index (χ4v) is 2.54. The van der Waals surface area contributed by atoms with Crippen molar-refractivity contribution in [3.05, 3.63) is 30.1 Å². The first kappa shape index (κ1) is 14.4. The minimum atomic E-state index is 0.259. The van der Waals surface area contributed by atoms with Gasteiger partial charge >= 0.3 is 0 Å². The molecule has 2 heterocycles. The van der Waals surface area contributed by atoms with Gasteiger partial charge in [0, 0.05) is 27.2 Å². The van der Waals surface area contributed by atoms with Crippen LogP contribution >= 0.6 is 0 Å². The predicted octanol–water partition coefficient (Wildman–Crippen LogP) is 1.34. The van der Waals surface area contributed by atoms with Crippen LogP contribution < -0.4 is 20.9 Å². The quantitative estimate of drug-likeness (QED) is 0.885. The second-order valence-corrected chi connectivity index (χ2v) is 5.52. The molecular weight excluding hydrogens is 278 g/mol. The van der Waals surface area contributed by atoms with Gasteiger partial charge in [-0.2, -0.15) is 15.0 Å². The van der Waals surface area contributed by atoms with Crippen LogP contribution in [0.4, 0.5) is 23.3 Å². The van der Waals surface area contributed by atoms with Gasteiger partial charge in [0.25, 0.3) is 0 Å². The smallest absolute Gasteiger partial charge is 0.229 e. The van der Waals surface area contributed by atoms with Crippen molar-refractivity contribution in [2.24, 2.45) is 0 Å². The maximum absolute atomic E-state index is 5.81. The Bertz CT molecular complexity index is 656. The van der Waals surface area contributed by atoms with E-state index in [1.54, 1.807) is 0 Å². The van der Waals surface area contributed by atoms with Crippen molar-refractivity contribution in [3.8, 4) is 0 Å². The highest BCUT2D eigenvalue weighted by Gasteiger charge is 2.17. The molecule has 22 heavy (non-hydrogen) atoms. The molecule has 0 saturated heterocycles. The first-order valence-electron chi connectivity index (χ1n) is 7.39. The minimum absolute atomic E-state index is 0.259. The molecule has 2 aromatic rings. The molecular formula is C15H21N7. The summed E-state index contributed by atoms with van der Waals surface area (Å²) in [6, 6.07) is 8.30. The van der Waals surface area contributed by atoms with E-state index in [-0.39, 0.29) is 5.95 Å². The fourth-order valence-electron chi connectivity index (χ4n) is 2.54. The summed E-state index contributed by atoms with van der Waals surface area (Å²) in [4.78, 5) is 17.0. The average molecular weight is 299 g/mol. The van der Waals surface area contributed by atoms with Gasteiger partial charge in [-0.05, 0) is 18.6 Å². The van der Waals surface area contributed by atoms with Crippen molar-refractivity contribution in [3.63, 3.8) is 0 Å². The molecule has 0 atom stereocenters. The summed E-state index contributed by atoms with van der Waals surface area (Å²) in [5.41, 5.74) is 8.13. The third kappa shape index (κ3) is 3.03. The molecule has 0 radical (unpaired) electrons. The number of nitrogens with one attached hydrogen (secondary N) is 1. The molecule has 0 aliphatic carbocycles. The number of nitrogens with two attached hydrogens (primary N) is 1. The number of anilines is 4. The van der Waals surface area contributed by atoms with Gasteiger partial charge in [-0.25, -0.2) is 0 Å². The van der Waals surface area contributed by atoms with Gasteiger partial charge < -0.3 is 20.9 Å². The lowest BCUT2D eigenvalue weighted by Crippen LogP contribution is -2.26. The van der Waals surface area contributed by atoms with Gasteiger partial charge in [0.2, 0.25) is 11.9 Å². The molecule has 1 aliphatic heterocycles. The van der Waals surface area contributed by atoms with Crippen LogP contribution in [0.2, 0.25) is 0 Å². The second-order valence-electron chi connectivity index (χ2n) is 5.52. The second kappa shape index (κ2) is 6.05. The Labute approximate surface area is 130 Å². The normalized spacial score (nSPS) is 14.0. The molecule has 0 unspecified atom stereocenters. The van der Waals surface area contributed by atoms with Gasteiger partial charge in [0.15, 0.2) is 5.82 Å². The van der Waals surface area contributed by atoms with E-state index in [1.165, 1.54) is 5.69 Å². The lowest BCUT2D eigenvalue weighted by molar-refractivity contribution is 0.729. The molecule has 7 heteroatoms. The van der Waals surface area contributed by atoms with E-state index in [2.05, 4.69) is 37.3 Å². The van der Waals surface area contributed by atoms with Crippen LogP contribution in [-0.2, 0) is 6.54 Å². The van der Waals surface area contributed by atoms with E-state index < -0.39 is 0 Å². The summed E-state index contributed by atoms with van der Waals surface area (Å²) in [7, 11) is 3.79. The maximum Gasteiger partial charge on any atom is 0.229 e. The van der Waals surface area contributed by atoms with Gasteiger partial charge in [0.05, 0.1) is 17.9 Å². The standard InChI is InChI=1S/C15H21N7/c1-21(2)15-19-13(18-14(16)20-15)10-22-9-5-8-17-11-6-3-4-7-12(11)22/h3-4,6-7,17H,5,8-10H2,1-2H3,(H2,16,18,19,20). The molecule has 116 valence electrons. The average Bonchev–Trinajstić information content (AvgIpc) is 2.69. The van der Waals surface area contributed by atoms with Crippen LogP contribution in [-0.4, -0.2) is 42.1 Å². The van der Waals surface area contributed by atoms with E-state index in [9.17, 15) is 0 Å². The number of hydrogen-bond donors (Lipinski definition) is 2. The van der Waals surface area contributed by atoms with Crippen molar-refractivity contribution in [1.29, 1.82) is 0 Å². The number of rotatable bonds is 3. The van der Waals surface area contributed by atoms with Crippen LogP contribution in [0.5, 0.6) is 0 Å². The largest absolute Gasteiger partial charge is 0.383 e. The van der Waals surface area contributed by atoms with Gasteiger partial charge in [0.1, 0.15) is 0 Å². The number of hydrogen-bond acceptors (Lipinski definition) is 7. The monoisotopic (exact) mass is 299 g/mol. The first-order chi connectivity index (χ1) is 10.6. The summed E-state index contributed by atoms with van der Waals surface area (Å²) >= 11 is 0. The summed E-state index contributed by atoms with van der Waals surface area (Å²) in [6.07, 6.45) is 1.07. The van der Waals surface area contributed by atoms with Crippen molar-refractivity contribution >= 4 is 23.3 Å². The number of benzene rings is 1. The molecule has 7 nitrogen and oxygen atoms in total. The highest BCUT2D eigenvalue weighted by Crippen LogP contribution is 2.28. The topological polar surface area (TPSA) is 83.2 Å². The molecule has 0 saturated carbocycles. The zero-order chi connectivity index (χ0) is 15.5. The predicted molar refractivity (Wildman–Crippen MR) is 89.2 cm³/mol. The van der Waals surface area contributed by atoms with E-state index >= 15 is 0 Å². The maximum atomic E-state index is 5.81. The summed E-state index contributed by atoms with van der Waals surface area (Å²) in [6.45, 7) is 2.54. The Morgan fingerprint density at radius 3 is 2.86 bits per heavy atom. The van der Waals surface area contributed by atoms with Crippen molar-refractivity contribution < 1.29 is 0 Å². The summed E-state index contributed by atoms with van der Waals surface area (Å²) in [5, 5.41) is 3.45. The number of nitrogen functional groups attached to an aromatic ring is 1. The first-order valence-corrected chi connectivity index (χ1v) is 7.39. The number of nitrogens with zero attached hydrogens (tertiary/aromatic N) is 5. The summed E-state index contributed by atoms with van der Waals surface area (Å²) in [5.74, 6) is 1.53. The Hall–Kier alpha value is -2.57. The van der Waals surface area contributed by atoms with Crippen LogP contribution in [0, 0.1) is 0 Å². The third-order valence-electron chi connectivity index (χ3n) is 3.58. The van der Waals surface area contributed by atoms with Crippen molar-refractivity contribution in [1.82, 2.24) is 15.0 Å². The number of para-hydroxylation sites is 2. The minimum Gasteiger partial charge on any atom is -0.383 e. The Kier molecular flexibility index (Phi) is 3.95. The Morgan fingerprint density at radius 1 is 1.23 bits per heavy atom. The van der Waals surface area contributed by atoms with E-state index in [0.29, 0.717) is 18.3 Å². The van der Waals surface area contributed by atoms with Crippen molar-refractivity contribution in [2.45, 2.75) is 13.0 Å². The molecule has 0 amide bonds. The van der Waals surface area contributed by atoms with Gasteiger partial charge in [-0.15, -0.1) is 0 Å². The molecule has 3 rings (SSSR count). The molecule has 0 fully saturated rings. The molecule has 1 aromatic carbocycles. The zero-order valence-corrected chi connectivity index (χ0v) is 13.0. The molecule has 1 aliphatic rings. The van der Waals surface area contributed by atoms with Crippen LogP contribution in [0.3, 0.4) is 0 Å². The Morgan fingerprint density at radius 2 is 2.05 bits per heavy atom. The fraction of sp³-hybridized carbons (Fsp3) is 0.400. The summed E-state index contributed by atoms with van der Waals surface area (Å²) < 4.78 is 0. The Balaban J connectivity index is 1.90. The number of aromatic nitrogens is 3. The highest BCUT2D eigenvalue weighted by atomic mass is 15.3. The molecule has 0 spiro atoms. The van der Waals surface area contributed by atoms with Crippen molar-refractivity contribution in [2.75, 3.05) is 48.0 Å². The highest BCUT2D eigenvalue weighted by molar-refractivity contribution is 5.70. The number of fused-ring (bicyclic) bond motifs is 1. The van der Waals surface area contributed by atoms with E-state index in [1.807, 2.05) is 31.1 Å². The third-order valence-corrected chi connectivity index (χ3v) is 3.58. The lowest BCUT2D eigenvalue weighted by atomic mass is 10.2. The molecule has 3 N–H and O–H groups in total. The van der Waals surface area contributed by atoms with Crippen LogP contribution in [0.1, 0.15) is 12.2 Å². The van der Waals surface area contributed by atoms with Crippen LogP contribution in [0.25, 0.3) is 0 Å². The van der Waals surface area contributed by atoms with Gasteiger partial charge in [-0.1, -0.05) is 12.1 Å². The van der Waals surface area contributed by atoms with Gasteiger partial charge in [-0.3, -0.25) is 0 Å². The van der Waals surface area contributed by atoms with Crippen LogP contribution in [0.15, 0.2) is 24.3 Å².